The molecule has 2 aromatic carbocycles. The second kappa shape index (κ2) is 10.5. The summed E-state index contributed by atoms with van der Waals surface area (Å²) in [5.41, 5.74) is 5.09. The number of benzene rings is 2. The van der Waals surface area contributed by atoms with Crippen molar-refractivity contribution in [3.8, 4) is 11.1 Å². The predicted octanol–water partition coefficient (Wildman–Crippen LogP) is 6.60. The first-order chi connectivity index (χ1) is 17.9. The van der Waals surface area contributed by atoms with Crippen LogP contribution in [0.3, 0.4) is 0 Å². The number of halogens is 2. The molecule has 0 saturated heterocycles. The molecule has 1 aliphatic heterocycles. The molecular formula is C29H24ClFN4O2. The third-order valence-electron chi connectivity index (χ3n) is 6.25. The Morgan fingerprint density at radius 1 is 1.08 bits per heavy atom. The van der Waals surface area contributed by atoms with Gasteiger partial charge in [0, 0.05) is 35.5 Å². The zero-order chi connectivity index (χ0) is 25.9. The summed E-state index contributed by atoms with van der Waals surface area (Å²) in [6.07, 6.45) is 3.48. The molecular weight excluding hydrogens is 491 g/mol. The van der Waals surface area contributed by atoms with Crippen LogP contribution in [0.4, 0.5) is 4.39 Å². The fourth-order valence-electron chi connectivity index (χ4n) is 4.21. The van der Waals surface area contributed by atoms with Crippen LogP contribution in [0.5, 0.6) is 0 Å². The van der Waals surface area contributed by atoms with E-state index in [2.05, 4.69) is 20.4 Å². The quantitative estimate of drug-likeness (QED) is 0.294. The minimum atomic E-state index is -0.361. The van der Waals surface area contributed by atoms with Gasteiger partial charge in [0.25, 0.3) is 5.91 Å². The summed E-state index contributed by atoms with van der Waals surface area (Å²) in [6.45, 7) is 3.69. The number of nitrogens with zero attached hydrogens (tertiary/aromatic N) is 3. The zero-order valence-electron chi connectivity index (χ0n) is 20.3. The summed E-state index contributed by atoms with van der Waals surface area (Å²) in [6, 6.07) is 19.1. The van der Waals surface area contributed by atoms with E-state index in [1.807, 2.05) is 50.2 Å². The molecule has 186 valence electrons. The van der Waals surface area contributed by atoms with Crippen molar-refractivity contribution in [1.29, 1.82) is 0 Å². The van der Waals surface area contributed by atoms with Gasteiger partial charge >= 0.3 is 0 Å². The normalized spacial score (nSPS) is 15.6. The molecule has 0 spiro atoms. The van der Waals surface area contributed by atoms with Crippen molar-refractivity contribution in [1.82, 2.24) is 15.3 Å². The van der Waals surface area contributed by atoms with Gasteiger partial charge in [0.15, 0.2) is 6.10 Å². The first-order valence-electron chi connectivity index (χ1n) is 11.9. The maximum atomic E-state index is 14.9. The van der Waals surface area contributed by atoms with Gasteiger partial charge in [0.1, 0.15) is 11.0 Å². The number of aryl methyl sites for hydroxylation is 1. The lowest BCUT2D eigenvalue weighted by molar-refractivity contribution is 0.0826. The molecule has 0 saturated carbocycles. The van der Waals surface area contributed by atoms with E-state index in [1.54, 1.807) is 36.7 Å². The summed E-state index contributed by atoms with van der Waals surface area (Å²) in [5, 5.41) is 7.65. The second-order valence-electron chi connectivity index (χ2n) is 8.98. The van der Waals surface area contributed by atoms with Crippen LogP contribution in [0, 0.1) is 12.7 Å². The van der Waals surface area contributed by atoms with Gasteiger partial charge in [-0.15, -0.1) is 0 Å². The molecule has 4 aromatic rings. The van der Waals surface area contributed by atoms with Crippen LogP contribution in [-0.2, 0) is 4.84 Å². The molecule has 8 heteroatoms. The van der Waals surface area contributed by atoms with E-state index in [9.17, 15) is 9.18 Å². The Morgan fingerprint density at radius 3 is 2.65 bits per heavy atom. The fraction of sp³-hybridized carbons (Fsp3) is 0.172. The summed E-state index contributed by atoms with van der Waals surface area (Å²) >= 11 is 5.89. The van der Waals surface area contributed by atoms with Crippen molar-refractivity contribution in [2.45, 2.75) is 32.4 Å². The van der Waals surface area contributed by atoms with E-state index in [4.69, 9.17) is 16.4 Å². The van der Waals surface area contributed by atoms with Gasteiger partial charge in [0.05, 0.1) is 17.4 Å². The molecule has 1 N–H and O–H groups in total. The zero-order valence-corrected chi connectivity index (χ0v) is 21.0. The highest BCUT2D eigenvalue weighted by molar-refractivity contribution is 6.29. The molecule has 0 fully saturated rings. The van der Waals surface area contributed by atoms with Crippen molar-refractivity contribution in [2.24, 2.45) is 5.16 Å². The number of amides is 1. The molecule has 0 bridgehead atoms. The molecule has 3 heterocycles. The maximum Gasteiger partial charge on any atom is 0.251 e. The van der Waals surface area contributed by atoms with E-state index in [1.165, 1.54) is 6.07 Å². The Balaban J connectivity index is 1.48. The average Bonchev–Trinajstić information content (AvgIpc) is 3.40. The molecule has 6 nitrogen and oxygen atoms in total. The van der Waals surface area contributed by atoms with Crippen molar-refractivity contribution in [2.75, 3.05) is 0 Å². The Morgan fingerprint density at radius 2 is 1.92 bits per heavy atom. The average molecular weight is 515 g/mol. The van der Waals surface area contributed by atoms with E-state index >= 15 is 0 Å². The van der Waals surface area contributed by atoms with Gasteiger partial charge in [-0.05, 0) is 73.0 Å². The number of rotatable bonds is 6. The van der Waals surface area contributed by atoms with Gasteiger partial charge in [-0.2, -0.15) is 0 Å². The van der Waals surface area contributed by atoms with Crippen LogP contribution in [0.2, 0.25) is 5.15 Å². The van der Waals surface area contributed by atoms with Crippen LogP contribution in [0.15, 0.2) is 84.3 Å². The predicted molar refractivity (Wildman–Crippen MR) is 141 cm³/mol. The number of pyridine rings is 2. The number of aromatic nitrogens is 2. The van der Waals surface area contributed by atoms with E-state index < -0.39 is 0 Å². The van der Waals surface area contributed by atoms with E-state index in [0.717, 1.165) is 16.8 Å². The Bertz CT molecular complexity index is 1480. The van der Waals surface area contributed by atoms with Gasteiger partial charge in [-0.3, -0.25) is 9.78 Å². The Kier molecular flexibility index (Phi) is 6.97. The first-order valence-corrected chi connectivity index (χ1v) is 12.2. The molecule has 0 aliphatic carbocycles. The number of nitrogens with one attached hydrogen (secondary N) is 1. The number of carbonyl (C=O) groups excluding carboxylic acids is 1. The summed E-state index contributed by atoms with van der Waals surface area (Å²) in [5.74, 6) is -0.668. The van der Waals surface area contributed by atoms with Gasteiger partial charge in [-0.1, -0.05) is 41.0 Å². The minimum absolute atomic E-state index is 0.307. The SMILES string of the molecule is Cc1ccc(-c2cc(C(=O)NC(C)c3ccc(Cl)nc3)cc(C3=NOC(c4ccccn4)C3)c2)c(F)c1. The van der Waals surface area contributed by atoms with Crippen LogP contribution >= 0.6 is 11.6 Å². The number of oxime groups is 1. The third-order valence-corrected chi connectivity index (χ3v) is 6.47. The van der Waals surface area contributed by atoms with Crippen LogP contribution in [-0.4, -0.2) is 21.6 Å². The lowest BCUT2D eigenvalue weighted by Crippen LogP contribution is -2.27. The molecule has 1 amide bonds. The highest BCUT2D eigenvalue weighted by atomic mass is 35.5. The molecule has 5 rings (SSSR count). The van der Waals surface area contributed by atoms with Crippen LogP contribution in [0.1, 0.15) is 58.2 Å². The molecule has 2 unspecified atom stereocenters. The molecule has 2 aromatic heterocycles. The Labute approximate surface area is 219 Å². The largest absolute Gasteiger partial charge is 0.385 e. The van der Waals surface area contributed by atoms with Gasteiger partial charge in [0.2, 0.25) is 0 Å². The minimum Gasteiger partial charge on any atom is -0.385 e. The standard InChI is InChI=1S/C29H24ClFN4O2/c1-17-6-8-23(24(31)11-17)20-12-21(26-15-27(37-35-26)25-5-3-4-10-32-25)14-22(13-20)29(36)34-18(2)19-7-9-28(30)33-16-19/h3-14,16,18,27H,15H2,1-2H3,(H,34,36). The highest BCUT2D eigenvalue weighted by Crippen LogP contribution is 2.32. The summed E-state index contributed by atoms with van der Waals surface area (Å²) in [4.78, 5) is 27.4. The smallest absolute Gasteiger partial charge is 0.251 e. The lowest BCUT2D eigenvalue weighted by Gasteiger charge is -2.16. The summed E-state index contributed by atoms with van der Waals surface area (Å²) < 4.78 is 14.9. The topological polar surface area (TPSA) is 76.5 Å². The van der Waals surface area contributed by atoms with Crippen LogP contribution in [0.25, 0.3) is 11.1 Å². The van der Waals surface area contributed by atoms with Gasteiger partial charge in [-0.25, -0.2) is 9.37 Å². The molecule has 2 atom stereocenters. The van der Waals surface area contributed by atoms with Crippen molar-refractivity contribution in [3.05, 3.63) is 118 Å². The van der Waals surface area contributed by atoms with Crippen molar-refractivity contribution < 1.29 is 14.0 Å². The first kappa shape index (κ1) is 24.6. The highest BCUT2D eigenvalue weighted by Gasteiger charge is 2.26. The Hall–Kier alpha value is -4.10. The molecule has 37 heavy (non-hydrogen) atoms. The van der Waals surface area contributed by atoms with Crippen molar-refractivity contribution in [3.63, 3.8) is 0 Å². The van der Waals surface area contributed by atoms with E-state index in [0.29, 0.717) is 39.5 Å². The lowest BCUT2D eigenvalue weighted by atomic mass is 9.94. The van der Waals surface area contributed by atoms with Crippen LogP contribution < -0.4 is 5.32 Å². The number of carbonyl (C=O) groups is 1. The maximum absolute atomic E-state index is 14.9. The van der Waals surface area contributed by atoms with Crippen molar-refractivity contribution >= 4 is 23.2 Å². The molecule has 0 radical (unpaired) electrons. The molecule has 1 aliphatic rings. The monoisotopic (exact) mass is 514 g/mol. The fourth-order valence-corrected chi connectivity index (χ4v) is 4.33. The number of hydrogen-bond donors (Lipinski definition) is 1. The summed E-state index contributed by atoms with van der Waals surface area (Å²) in [7, 11) is 0. The van der Waals surface area contributed by atoms with Gasteiger partial charge < -0.3 is 10.2 Å². The third kappa shape index (κ3) is 5.52. The number of hydrogen-bond acceptors (Lipinski definition) is 5. The second-order valence-corrected chi connectivity index (χ2v) is 9.37. The van der Waals surface area contributed by atoms with E-state index in [-0.39, 0.29) is 23.9 Å².